The molecule has 214 valence electrons. The maximum absolute atomic E-state index is 14.1. The normalized spacial score (nSPS) is 20.2. The largest absolute Gasteiger partial charge is 0.368 e. The van der Waals surface area contributed by atoms with Gasteiger partial charge >= 0.3 is 0 Å². The minimum atomic E-state index is -3.81. The Morgan fingerprint density at radius 1 is 0.878 bits per heavy atom. The van der Waals surface area contributed by atoms with Gasteiger partial charge in [0.1, 0.15) is 4.21 Å². The molecule has 9 heteroatoms. The van der Waals surface area contributed by atoms with Gasteiger partial charge in [-0.1, -0.05) is 54.1 Å². The monoisotopic (exact) mass is 607 g/mol. The zero-order chi connectivity index (χ0) is 28.9. The van der Waals surface area contributed by atoms with Crippen LogP contribution in [0.4, 0.5) is 5.69 Å². The van der Waals surface area contributed by atoms with Crippen LogP contribution in [0.15, 0.2) is 70.9 Å². The number of thiophene rings is 1. The molecule has 0 radical (unpaired) electrons. The number of hydrogen-bond acceptors (Lipinski definition) is 5. The lowest BCUT2D eigenvalue weighted by Gasteiger charge is -2.38. The van der Waals surface area contributed by atoms with Crippen LogP contribution in [0.2, 0.25) is 5.02 Å². The fourth-order valence-electron chi connectivity index (χ4n) is 6.27. The zero-order valence-electron chi connectivity index (χ0n) is 23.5. The molecule has 2 fully saturated rings. The summed E-state index contributed by atoms with van der Waals surface area (Å²) < 4.78 is 30.9. The van der Waals surface area contributed by atoms with E-state index in [1.165, 1.54) is 32.5 Å². The number of carbonyl (C=O) groups is 1. The highest BCUT2D eigenvalue weighted by Crippen LogP contribution is 2.41. The molecular formula is C32H34ClN3O3S2. The molecule has 41 heavy (non-hydrogen) atoms. The van der Waals surface area contributed by atoms with E-state index in [0.717, 1.165) is 28.7 Å². The van der Waals surface area contributed by atoms with Crippen LogP contribution < -0.4 is 4.90 Å². The molecule has 0 saturated carbocycles. The Labute approximate surface area is 251 Å². The molecule has 0 aliphatic carbocycles. The number of rotatable bonds is 5. The van der Waals surface area contributed by atoms with Crippen LogP contribution in [0.1, 0.15) is 28.2 Å². The fourth-order valence-corrected chi connectivity index (χ4v) is 9.81. The first-order valence-electron chi connectivity index (χ1n) is 14.0. The number of halogens is 1. The van der Waals surface area contributed by atoms with Crippen molar-refractivity contribution >= 4 is 54.6 Å². The predicted molar refractivity (Wildman–Crippen MR) is 168 cm³/mol. The molecule has 4 aromatic rings. The van der Waals surface area contributed by atoms with E-state index in [-0.39, 0.29) is 24.9 Å². The molecule has 3 aromatic carbocycles. The maximum atomic E-state index is 14.1. The molecule has 0 spiro atoms. The highest BCUT2D eigenvalue weighted by molar-refractivity contribution is 7.91. The third-order valence-electron chi connectivity index (χ3n) is 8.77. The predicted octanol–water partition coefficient (Wildman–Crippen LogP) is 6.23. The summed E-state index contributed by atoms with van der Waals surface area (Å²) >= 11 is 7.49. The first-order valence-corrected chi connectivity index (χ1v) is 16.6. The fraction of sp³-hybridized carbons (Fsp3) is 0.344. The van der Waals surface area contributed by atoms with E-state index in [0.29, 0.717) is 27.9 Å². The lowest BCUT2D eigenvalue weighted by molar-refractivity contribution is -0.135. The van der Waals surface area contributed by atoms with Crippen LogP contribution in [0.5, 0.6) is 0 Å². The SMILES string of the molecule is Cc1cccc(N2CCN(C(=O)C3CN(S(=O)(=O)c4sc5ccc(Cl)cc5c4C)CC3c3ccccc3)CC2)c1C. The molecule has 0 bridgehead atoms. The van der Waals surface area contributed by atoms with Gasteiger partial charge in [0.25, 0.3) is 10.0 Å². The molecule has 2 aliphatic rings. The molecule has 2 aliphatic heterocycles. The van der Waals surface area contributed by atoms with E-state index in [1.807, 2.05) is 54.3 Å². The summed E-state index contributed by atoms with van der Waals surface area (Å²) in [6.45, 7) is 9.30. The van der Waals surface area contributed by atoms with Gasteiger partial charge in [0.15, 0.2) is 0 Å². The Kier molecular flexibility index (Phi) is 7.61. The smallest absolute Gasteiger partial charge is 0.252 e. The number of hydrogen-bond donors (Lipinski definition) is 0. The van der Waals surface area contributed by atoms with E-state index in [9.17, 15) is 13.2 Å². The Balaban J connectivity index is 1.26. The van der Waals surface area contributed by atoms with Gasteiger partial charge in [-0.15, -0.1) is 11.3 Å². The van der Waals surface area contributed by atoms with Crippen LogP contribution in [-0.2, 0) is 14.8 Å². The minimum absolute atomic E-state index is 0.0389. The Hall–Kier alpha value is -2.91. The lowest BCUT2D eigenvalue weighted by Crippen LogP contribution is -2.51. The molecule has 2 atom stereocenters. The summed E-state index contributed by atoms with van der Waals surface area (Å²) in [5.74, 6) is -0.611. The van der Waals surface area contributed by atoms with Gasteiger partial charge in [0.2, 0.25) is 5.91 Å². The van der Waals surface area contributed by atoms with E-state index < -0.39 is 15.9 Å². The number of fused-ring (bicyclic) bond motifs is 1. The van der Waals surface area contributed by atoms with Crippen molar-refractivity contribution in [3.8, 4) is 0 Å². The number of carbonyl (C=O) groups excluding carboxylic acids is 1. The average molecular weight is 608 g/mol. The van der Waals surface area contributed by atoms with Gasteiger partial charge in [-0.25, -0.2) is 8.42 Å². The number of amides is 1. The summed E-state index contributed by atoms with van der Waals surface area (Å²) in [5, 5.41) is 1.44. The number of sulfonamides is 1. The van der Waals surface area contributed by atoms with Crippen molar-refractivity contribution in [2.75, 3.05) is 44.2 Å². The second kappa shape index (κ2) is 11.1. The van der Waals surface area contributed by atoms with Crippen LogP contribution in [-0.4, -0.2) is 62.8 Å². The third-order valence-corrected chi connectivity index (χ3v) is 12.7. The summed E-state index contributed by atoms with van der Waals surface area (Å²) in [6.07, 6.45) is 0. The van der Waals surface area contributed by atoms with Crippen molar-refractivity contribution in [2.45, 2.75) is 30.9 Å². The molecule has 2 saturated heterocycles. The number of nitrogens with zero attached hydrogens (tertiary/aromatic N) is 3. The van der Waals surface area contributed by atoms with E-state index in [2.05, 4.69) is 36.9 Å². The van der Waals surface area contributed by atoms with Crippen molar-refractivity contribution in [2.24, 2.45) is 5.92 Å². The second-order valence-electron chi connectivity index (χ2n) is 11.1. The molecule has 1 aromatic heterocycles. The molecule has 6 nitrogen and oxygen atoms in total. The Bertz CT molecular complexity index is 1710. The van der Waals surface area contributed by atoms with Gasteiger partial charge < -0.3 is 9.80 Å². The van der Waals surface area contributed by atoms with Crippen molar-refractivity contribution in [3.05, 3.63) is 94.0 Å². The van der Waals surface area contributed by atoms with Gasteiger partial charge in [-0.05, 0) is 72.7 Å². The quantitative estimate of drug-likeness (QED) is 0.270. The average Bonchev–Trinajstić information content (AvgIpc) is 3.58. The van der Waals surface area contributed by atoms with Gasteiger partial charge in [-0.3, -0.25) is 4.79 Å². The van der Waals surface area contributed by atoms with Crippen molar-refractivity contribution < 1.29 is 13.2 Å². The Morgan fingerprint density at radius 3 is 2.34 bits per heavy atom. The highest BCUT2D eigenvalue weighted by atomic mass is 35.5. The van der Waals surface area contributed by atoms with Gasteiger partial charge in [0, 0.05) is 60.6 Å². The zero-order valence-corrected chi connectivity index (χ0v) is 25.9. The lowest BCUT2D eigenvalue weighted by atomic mass is 9.88. The molecule has 1 amide bonds. The minimum Gasteiger partial charge on any atom is -0.368 e. The van der Waals surface area contributed by atoms with Crippen molar-refractivity contribution in [3.63, 3.8) is 0 Å². The van der Waals surface area contributed by atoms with E-state index in [1.54, 1.807) is 6.07 Å². The molecular weight excluding hydrogens is 574 g/mol. The Morgan fingerprint density at radius 2 is 1.61 bits per heavy atom. The summed E-state index contributed by atoms with van der Waals surface area (Å²) in [7, 11) is -3.81. The van der Waals surface area contributed by atoms with Crippen LogP contribution in [0, 0.1) is 26.7 Å². The highest BCUT2D eigenvalue weighted by Gasteiger charge is 2.46. The molecule has 6 rings (SSSR count). The van der Waals surface area contributed by atoms with Gasteiger partial charge in [-0.2, -0.15) is 4.31 Å². The number of benzene rings is 3. The van der Waals surface area contributed by atoms with Crippen LogP contribution >= 0.6 is 22.9 Å². The summed E-state index contributed by atoms with van der Waals surface area (Å²) in [4.78, 5) is 18.4. The summed E-state index contributed by atoms with van der Waals surface area (Å²) in [6, 6.07) is 21.7. The topological polar surface area (TPSA) is 60.9 Å². The first kappa shape index (κ1) is 28.2. The van der Waals surface area contributed by atoms with Gasteiger partial charge in [0.05, 0.1) is 5.92 Å². The van der Waals surface area contributed by atoms with Crippen molar-refractivity contribution in [1.82, 2.24) is 9.21 Å². The van der Waals surface area contributed by atoms with Crippen molar-refractivity contribution in [1.29, 1.82) is 0 Å². The third kappa shape index (κ3) is 5.16. The number of piperazine rings is 1. The molecule has 2 unspecified atom stereocenters. The van der Waals surface area contributed by atoms with E-state index in [4.69, 9.17) is 11.6 Å². The summed E-state index contributed by atoms with van der Waals surface area (Å²) in [5.41, 5.74) is 5.46. The van der Waals surface area contributed by atoms with Crippen LogP contribution in [0.3, 0.4) is 0 Å². The maximum Gasteiger partial charge on any atom is 0.252 e. The first-order chi connectivity index (χ1) is 19.6. The second-order valence-corrected chi connectivity index (χ2v) is 14.8. The van der Waals surface area contributed by atoms with E-state index >= 15 is 0 Å². The molecule has 3 heterocycles. The molecule has 0 N–H and O–H groups in total. The number of anilines is 1. The van der Waals surface area contributed by atoms with Crippen LogP contribution in [0.25, 0.3) is 10.1 Å². The number of aryl methyl sites for hydroxylation is 2. The standard InChI is InChI=1S/C32H34ClN3O3S2/c1-21-8-7-11-29(22(21)2)34-14-16-35(17-15-34)31(37)28-20-36(19-27(28)24-9-5-4-6-10-24)41(38,39)32-23(3)26-18-25(33)12-13-30(26)40-32/h4-13,18,27-28H,14-17,19-20H2,1-3H3.